The number of nitrogen functional groups attached to an aromatic ring is 1. The third kappa shape index (κ3) is 3.01. The molecule has 0 aliphatic carbocycles. The predicted molar refractivity (Wildman–Crippen MR) is 70.6 cm³/mol. The molecule has 1 heterocycles. The van der Waals surface area contributed by atoms with Crippen LogP contribution in [0.4, 0.5) is 5.82 Å². The van der Waals surface area contributed by atoms with E-state index < -0.39 is 0 Å². The van der Waals surface area contributed by atoms with Crippen molar-refractivity contribution >= 4 is 29.0 Å². The molecule has 0 unspecified atom stereocenters. The average Bonchev–Trinajstić information content (AvgIpc) is 2.39. The molecule has 0 aliphatic rings. The van der Waals surface area contributed by atoms with Gasteiger partial charge in [0.2, 0.25) is 0 Å². The highest BCUT2D eigenvalue weighted by atomic mass is 35.5. The van der Waals surface area contributed by atoms with Crippen LogP contribution in [-0.2, 0) is 6.61 Å². The fourth-order valence-corrected chi connectivity index (χ4v) is 1.78. The second-order valence-electron chi connectivity index (χ2n) is 3.38. The van der Waals surface area contributed by atoms with Crippen LogP contribution in [0.5, 0.6) is 5.75 Å². The molecule has 0 atom stereocenters. The van der Waals surface area contributed by atoms with Gasteiger partial charge in [-0.15, -0.1) is 0 Å². The van der Waals surface area contributed by atoms with Crippen LogP contribution in [-0.4, -0.2) is 9.97 Å². The number of nitrogens with zero attached hydrogens (tertiary/aromatic N) is 2. The molecule has 0 saturated heterocycles. The standard InChI is InChI=1S/C11H10Cl2N4O/c12-8-2-1-3-9(13)11(8)18-6-7-4-16-10(17-14)5-15-7/h1-5H,6,14H2,(H,16,17). The molecule has 0 radical (unpaired) electrons. The van der Waals surface area contributed by atoms with Crippen LogP contribution in [0.15, 0.2) is 30.6 Å². The van der Waals surface area contributed by atoms with Gasteiger partial charge >= 0.3 is 0 Å². The van der Waals surface area contributed by atoms with Gasteiger partial charge < -0.3 is 10.2 Å². The van der Waals surface area contributed by atoms with Crippen molar-refractivity contribution in [3.05, 3.63) is 46.3 Å². The normalized spacial score (nSPS) is 10.2. The first-order chi connectivity index (χ1) is 8.70. The first-order valence-electron chi connectivity index (χ1n) is 5.05. The monoisotopic (exact) mass is 284 g/mol. The zero-order chi connectivity index (χ0) is 13.0. The van der Waals surface area contributed by atoms with Gasteiger partial charge in [-0.05, 0) is 12.1 Å². The quantitative estimate of drug-likeness (QED) is 0.667. The largest absolute Gasteiger partial charge is 0.484 e. The number of nitrogens with one attached hydrogen (secondary N) is 1. The van der Waals surface area contributed by atoms with E-state index in [-0.39, 0.29) is 6.61 Å². The summed E-state index contributed by atoms with van der Waals surface area (Å²) >= 11 is 11.9. The second-order valence-corrected chi connectivity index (χ2v) is 4.19. The molecule has 0 amide bonds. The van der Waals surface area contributed by atoms with Crippen molar-refractivity contribution in [3.63, 3.8) is 0 Å². The van der Waals surface area contributed by atoms with Crippen molar-refractivity contribution in [1.29, 1.82) is 0 Å². The van der Waals surface area contributed by atoms with Crippen molar-refractivity contribution in [2.24, 2.45) is 5.84 Å². The lowest BCUT2D eigenvalue weighted by Gasteiger charge is -2.09. The first kappa shape index (κ1) is 12.9. The van der Waals surface area contributed by atoms with Gasteiger partial charge in [0.1, 0.15) is 6.61 Å². The Hall–Kier alpha value is -1.56. The highest BCUT2D eigenvalue weighted by Gasteiger charge is 2.07. The summed E-state index contributed by atoms with van der Waals surface area (Å²) in [6.45, 7) is 0.224. The van der Waals surface area contributed by atoms with Gasteiger partial charge in [-0.2, -0.15) is 0 Å². The van der Waals surface area contributed by atoms with E-state index in [9.17, 15) is 0 Å². The second kappa shape index (κ2) is 5.86. The molecule has 3 N–H and O–H groups in total. The number of nitrogens with two attached hydrogens (primary N) is 1. The summed E-state index contributed by atoms with van der Waals surface area (Å²) in [5.41, 5.74) is 3.03. The van der Waals surface area contributed by atoms with E-state index in [1.807, 2.05) is 0 Å². The molecule has 0 spiro atoms. The summed E-state index contributed by atoms with van der Waals surface area (Å²) < 4.78 is 5.51. The Kier molecular flexibility index (Phi) is 4.19. The minimum atomic E-state index is 0.224. The SMILES string of the molecule is NNc1cnc(COc2c(Cl)cccc2Cl)cn1. The van der Waals surface area contributed by atoms with E-state index >= 15 is 0 Å². The number of halogens is 2. The Morgan fingerprint density at radius 2 is 1.89 bits per heavy atom. The molecule has 0 saturated carbocycles. The highest BCUT2D eigenvalue weighted by molar-refractivity contribution is 6.37. The van der Waals surface area contributed by atoms with Crippen molar-refractivity contribution in [2.45, 2.75) is 6.61 Å². The minimum absolute atomic E-state index is 0.224. The van der Waals surface area contributed by atoms with Gasteiger partial charge in [-0.25, -0.2) is 10.8 Å². The predicted octanol–water partition coefficient (Wildman–Crippen LogP) is 2.65. The molecule has 0 fully saturated rings. The van der Waals surface area contributed by atoms with E-state index in [2.05, 4.69) is 15.4 Å². The number of ether oxygens (including phenoxy) is 1. The Labute approximate surface area is 114 Å². The number of rotatable bonds is 4. The maximum atomic E-state index is 5.97. The summed E-state index contributed by atoms with van der Waals surface area (Å²) in [7, 11) is 0. The van der Waals surface area contributed by atoms with Crippen molar-refractivity contribution in [1.82, 2.24) is 9.97 Å². The summed E-state index contributed by atoms with van der Waals surface area (Å²) in [5, 5.41) is 0.909. The number of aromatic nitrogens is 2. The summed E-state index contributed by atoms with van der Waals surface area (Å²) in [6.07, 6.45) is 3.06. The number of para-hydroxylation sites is 1. The van der Waals surface area contributed by atoms with E-state index in [0.717, 1.165) is 0 Å². The van der Waals surface area contributed by atoms with Crippen LogP contribution < -0.4 is 16.0 Å². The van der Waals surface area contributed by atoms with Crippen molar-refractivity contribution < 1.29 is 4.74 Å². The number of benzene rings is 1. The maximum absolute atomic E-state index is 5.97. The molecule has 5 nitrogen and oxygen atoms in total. The summed E-state index contributed by atoms with van der Waals surface area (Å²) in [5.74, 6) is 6.10. The fourth-order valence-electron chi connectivity index (χ4n) is 1.27. The Bertz CT molecular complexity index is 513. The third-order valence-corrected chi connectivity index (χ3v) is 2.73. The summed E-state index contributed by atoms with van der Waals surface area (Å²) in [4.78, 5) is 8.12. The molecule has 0 aliphatic heterocycles. The number of anilines is 1. The summed E-state index contributed by atoms with van der Waals surface area (Å²) in [6, 6.07) is 5.16. The molecule has 2 aromatic rings. The molecular formula is C11H10Cl2N4O. The lowest BCUT2D eigenvalue weighted by atomic mass is 10.3. The molecule has 1 aromatic heterocycles. The molecule has 7 heteroatoms. The molecular weight excluding hydrogens is 275 g/mol. The van der Waals surface area contributed by atoms with Crippen molar-refractivity contribution in [2.75, 3.05) is 5.43 Å². The van der Waals surface area contributed by atoms with Gasteiger partial charge in [0.15, 0.2) is 11.6 Å². The molecule has 94 valence electrons. The molecule has 18 heavy (non-hydrogen) atoms. The van der Waals surface area contributed by atoms with Gasteiger partial charge in [0, 0.05) is 0 Å². The van der Waals surface area contributed by atoms with E-state index in [0.29, 0.717) is 27.3 Å². The maximum Gasteiger partial charge on any atom is 0.158 e. The Morgan fingerprint density at radius 1 is 1.17 bits per heavy atom. The fraction of sp³-hybridized carbons (Fsp3) is 0.0909. The minimum Gasteiger partial charge on any atom is -0.484 e. The van der Waals surface area contributed by atoms with Gasteiger partial charge in [0.05, 0.1) is 28.1 Å². The molecule has 2 rings (SSSR count). The molecule has 0 bridgehead atoms. The van der Waals surface area contributed by atoms with E-state index in [1.165, 1.54) is 6.20 Å². The topological polar surface area (TPSA) is 73.1 Å². The lowest BCUT2D eigenvalue weighted by molar-refractivity contribution is 0.301. The van der Waals surface area contributed by atoms with Crippen molar-refractivity contribution in [3.8, 4) is 5.75 Å². The van der Waals surface area contributed by atoms with E-state index in [4.69, 9.17) is 33.8 Å². The van der Waals surface area contributed by atoms with Crippen LogP contribution in [0.25, 0.3) is 0 Å². The number of hydrogen-bond donors (Lipinski definition) is 2. The lowest BCUT2D eigenvalue weighted by Crippen LogP contribution is -2.09. The van der Waals surface area contributed by atoms with E-state index in [1.54, 1.807) is 24.4 Å². The van der Waals surface area contributed by atoms with Crippen LogP contribution in [0.2, 0.25) is 10.0 Å². The number of hydrogen-bond acceptors (Lipinski definition) is 5. The zero-order valence-electron chi connectivity index (χ0n) is 9.23. The third-order valence-electron chi connectivity index (χ3n) is 2.14. The smallest absolute Gasteiger partial charge is 0.158 e. The highest BCUT2D eigenvalue weighted by Crippen LogP contribution is 2.32. The zero-order valence-corrected chi connectivity index (χ0v) is 10.7. The average molecular weight is 285 g/mol. The van der Waals surface area contributed by atoms with Gasteiger partial charge in [-0.3, -0.25) is 4.98 Å². The van der Waals surface area contributed by atoms with Crippen LogP contribution in [0, 0.1) is 0 Å². The molecule has 1 aromatic carbocycles. The first-order valence-corrected chi connectivity index (χ1v) is 5.80. The van der Waals surface area contributed by atoms with Crippen LogP contribution >= 0.6 is 23.2 Å². The van der Waals surface area contributed by atoms with Gasteiger partial charge in [0.25, 0.3) is 0 Å². The van der Waals surface area contributed by atoms with Gasteiger partial charge in [-0.1, -0.05) is 29.3 Å². The number of hydrazine groups is 1. The Morgan fingerprint density at radius 3 is 2.44 bits per heavy atom. The Balaban J connectivity index is 2.06. The van der Waals surface area contributed by atoms with Crippen LogP contribution in [0.3, 0.4) is 0 Å². The van der Waals surface area contributed by atoms with Crippen LogP contribution in [0.1, 0.15) is 5.69 Å².